The molecular weight excluding hydrogens is 292 g/mol. The van der Waals surface area contributed by atoms with Gasteiger partial charge in [0.1, 0.15) is 12.4 Å². The molecule has 0 atom stereocenters. The Morgan fingerprint density at radius 3 is 3.00 bits per heavy atom. The standard InChI is InChI=1S/C13H16N4O3S/c14-7-11-8-15-16-13(11)21(18,19)17-5-6-20-12-4-2-1-3-10(12)9-17/h1-4,8H,5-7,9,14H2,(H,15,16). The van der Waals surface area contributed by atoms with E-state index in [1.165, 1.54) is 10.5 Å². The molecule has 0 radical (unpaired) electrons. The average Bonchev–Trinajstić information content (AvgIpc) is 2.86. The Morgan fingerprint density at radius 1 is 1.38 bits per heavy atom. The van der Waals surface area contributed by atoms with Crippen molar-refractivity contribution in [2.75, 3.05) is 13.2 Å². The molecule has 112 valence electrons. The maximum absolute atomic E-state index is 12.7. The van der Waals surface area contributed by atoms with Crippen molar-refractivity contribution in [3.05, 3.63) is 41.6 Å². The lowest BCUT2D eigenvalue weighted by Crippen LogP contribution is -2.33. The SMILES string of the molecule is NCc1cn[nH]c1S(=O)(=O)N1CCOc2ccccc2C1. The molecule has 1 aromatic heterocycles. The van der Waals surface area contributed by atoms with Crippen LogP contribution in [-0.2, 0) is 23.1 Å². The van der Waals surface area contributed by atoms with E-state index in [9.17, 15) is 8.42 Å². The Kier molecular flexibility index (Phi) is 3.66. The van der Waals surface area contributed by atoms with Crippen molar-refractivity contribution in [1.82, 2.24) is 14.5 Å². The summed E-state index contributed by atoms with van der Waals surface area (Å²) in [6.07, 6.45) is 1.44. The van der Waals surface area contributed by atoms with Crippen LogP contribution in [0.15, 0.2) is 35.5 Å². The van der Waals surface area contributed by atoms with E-state index in [-0.39, 0.29) is 24.7 Å². The fraction of sp³-hybridized carbons (Fsp3) is 0.308. The monoisotopic (exact) mass is 308 g/mol. The molecule has 0 saturated heterocycles. The molecule has 8 heteroatoms. The number of aromatic amines is 1. The number of fused-ring (bicyclic) bond motifs is 1. The van der Waals surface area contributed by atoms with Crippen LogP contribution >= 0.6 is 0 Å². The number of hydrogen-bond donors (Lipinski definition) is 2. The van der Waals surface area contributed by atoms with Crippen LogP contribution in [0, 0.1) is 0 Å². The number of H-pyrrole nitrogens is 1. The van der Waals surface area contributed by atoms with Crippen molar-refractivity contribution in [3.63, 3.8) is 0 Å². The minimum Gasteiger partial charge on any atom is -0.492 e. The minimum absolute atomic E-state index is 0.0596. The van der Waals surface area contributed by atoms with Crippen molar-refractivity contribution in [3.8, 4) is 5.75 Å². The predicted molar refractivity (Wildman–Crippen MR) is 76.0 cm³/mol. The van der Waals surface area contributed by atoms with Crippen LogP contribution in [0.5, 0.6) is 5.75 Å². The van der Waals surface area contributed by atoms with E-state index in [4.69, 9.17) is 10.5 Å². The normalized spacial score (nSPS) is 16.0. The Bertz CT molecular complexity index is 741. The first kappa shape index (κ1) is 14.1. The first-order valence-electron chi connectivity index (χ1n) is 6.56. The number of nitrogens with zero attached hydrogens (tertiary/aromatic N) is 2. The molecule has 1 aromatic carbocycles. The highest BCUT2D eigenvalue weighted by atomic mass is 32.2. The number of nitrogens with one attached hydrogen (secondary N) is 1. The number of rotatable bonds is 3. The van der Waals surface area contributed by atoms with Gasteiger partial charge < -0.3 is 10.5 Å². The first-order chi connectivity index (χ1) is 10.1. The van der Waals surface area contributed by atoms with Crippen LogP contribution in [0.25, 0.3) is 0 Å². The van der Waals surface area contributed by atoms with Crippen LogP contribution in [-0.4, -0.2) is 36.1 Å². The summed E-state index contributed by atoms with van der Waals surface area (Å²) in [5.41, 5.74) is 6.88. The summed E-state index contributed by atoms with van der Waals surface area (Å²) >= 11 is 0. The van der Waals surface area contributed by atoms with E-state index >= 15 is 0 Å². The van der Waals surface area contributed by atoms with Gasteiger partial charge in [0, 0.05) is 30.8 Å². The van der Waals surface area contributed by atoms with Crippen molar-refractivity contribution < 1.29 is 13.2 Å². The largest absolute Gasteiger partial charge is 0.492 e. The lowest BCUT2D eigenvalue weighted by Gasteiger charge is -2.19. The average molecular weight is 308 g/mol. The van der Waals surface area contributed by atoms with Crippen LogP contribution in [0.2, 0.25) is 0 Å². The molecule has 0 bridgehead atoms. The van der Waals surface area contributed by atoms with Crippen LogP contribution < -0.4 is 10.5 Å². The molecule has 0 spiro atoms. The van der Waals surface area contributed by atoms with Gasteiger partial charge >= 0.3 is 0 Å². The molecule has 3 N–H and O–H groups in total. The molecule has 0 amide bonds. The number of sulfonamides is 1. The molecule has 2 aromatic rings. The highest BCUT2D eigenvalue weighted by Gasteiger charge is 2.30. The van der Waals surface area contributed by atoms with Gasteiger partial charge in [-0.15, -0.1) is 0 Å². The Balaban J connectivity index is 1.97. The third kappa shape index (κ3) is 2.53. The van der Waals surface area contributed by atoms with Gasteiger partial charge in [-0.25, -0.2) is 8.42 Å². The summed E-state index contributed by atoms with van der Waals surface area (Å²) < 4.78 is 32.4. The summed E-state index contributed by atoms with van der Waals surface area (Å²) in [7, 11) is -3.67. The minimum atomic E-state index is -3.67. The molecule has 21 heavy (non-hydrogen) atoms. The van der Waals surface area contributed by atoms with Gasteiger partial charge in [0.15, 0.2) is 5.03 Å². The summed E-state index contributed by atoms with van der Waals surface area (Å²) in [6.45, 7) is 0.968. The van der Waals surface area contributed by atoms with Gasteiger partial charge in [-0.3, -0.25) is 5.10 Å². The maximum atomic E-state index is 12.7. The second-order valence-corrected chi connectivity index (χ2v) is 6.60. The Morgan fingerprint density at radius 2 is 2.19 bits per heavy atom. The number of nitrogens with two attached hydrogens (primary N) is 1. The fourth-order valence-corrected chi connectivity index (χ4v) is 3.82. The van der Waals surface area contributed by atoms with Crippen molar-refractivity contribution in [2.24, 2.45) is 5.73 Å². The topological polar surface area (TPSA) is 101 Å². The number of ether oxygens (including phenoxy) is 1. The van der Waals surface area contributed by atoms with Gasteiger partial charge in [-0.2, -0.15) is 9.40 Å². The lowest BCUT2D eigenvalue weighted by molar-refractivity contribution is 0.292. The Labute approximate surface area is 122 Å². The molecule has 3 rings (SSSR count). The van der Waals surface area contributed by atoms with E-state index in [1.807, 2.05) is 24.3 Å². The maximum Gasteiger partial charge on any atom is 0.260 e. The van der Waals surface area contributed by atoms with Crippen molar-refractivity contribution >= 4 is 10.0 Å². The molecule has 1 aliphatic rings. The molecule has 0 aliphatic carbocycles. The summed E-state index contributed by atoms with van der Waals surface area (Å²) in [5, 5.41) is 6.38. The number of hydrogen-bond acceptors (Lipinski definition) is 5. The van der Waals surface area contributed by atoms with E-state index in [0.717, 1.165) is 11.3 Å². The summed E-state index contributed by atoms with van der Waals surface area (Å²) in [6, 6.07) is 7.43. The molecular formula is C13H16N4O3S. The first-order valence-corrected chi connectivity index (χ1v) is 8.00. The number of para-hydroxylation sites is 1. The highest BCUT2D eigenvalue weighted by Crippen LogP contribution is 2.26. The highest BCUT2D eigenvalue weighted by molar-refractivity contribution is 7.89. The van der Waals surface area contributed by atoms with Crippen molar-refractivity contribution in [1.29, 1.82) is 0 Å². The van der Waals surface area contributed by atoms with Crippen LogP contribution in [0.1, 0.15) is 11.1 Å². The van der Waals surface area contributed by atoms with E-state index < -0.39 is 10.0 Å². The second-order valence-electron chi connectivity index (χ2n) is 4.72. The number of benzene rings is 1. The predicted octanol–water partition coefficient (Wildman–Crippen LogP) is 0.452. The molecule has 2 heterocycles. The zero-order valence-corrected chi connectivity index (χ0v) is 12.1. The van der Waals surface area contributed by atoms with E-state index in [1.54, 1.807) is 0 Å². The molecule has 0 fully saturated rings. The third-order valence-corrected chi connectivity index (χ3v) is 5.27. The molecule has 0 saturated carbocycles. The van der Waals surface area contributed by atoms with Gasteiger partial charge in [-0.05, 0) is 6.07 Å². The van der Waals surface area contributed by atoms with Crippen molar-refractivity contribution in [2.45, 2.75) is 18.1 Å². The van der Waals surface area contributed by atoms with Crippen LogP contribution in [0.4, 0.5) is 0 Å². The molecule has 1 aliphatic heterocycles. The summed E-state index contributed by atoms with van der Waals surface area (Å²) in [5.74, 6) is 0.721. The van der Waals surface area contributed by atoms with Crippen LogP contribution in [0.3, 0.4) is 0 Å². The van der Waals surface area contributed by atoms with Gasteiger partial charge in [0.25, 0.3) is 10.0 Å². The molecule has 0 unspecified atom stereocenters. The third-order valence-electron chi connectivity index (χ3n) is 3.41. The summed E-state index contributed by atoms with van der Waals surface area (Å²) in [4.78, 5) is 0. The fourth-order valence-electron chi connectivity index (χ4n) is 2.30. The zero-order chi connectivity index (χ0) is 14.9. The number of aromatic nitrogens is 2. The quantitative estimate of drug-likeness (QED) is 0.857. The molecule has 7 nitrogen and oxygen atoms in total. The van der Waals surface area contributed by atoms with Gasteiger partial charge in [0.05, 0.1) is 6.20 Å². The Hall–Kier alpha value is -1.90. The zero-order valence-electron chi connectivity index (χ0n) is 11.3. The van der Waals surface area contributed by atoms with E-state index in [0.29, 0.717) is 12.2 Å². The lowest BCUT2D eigenvalue weighted by atomic mass is 10.2. The van der Waals surface area contributed by atoms with Gasteiger partial charge in [-0.1, -0.05) is 18.2 Å². The smallest absolute Gasteiger partial charge is 0.260 e. The second kappa shape index (κ2) is 5.47. The van der Waals surface area contributed by atoms with Gasteiger partial charge in [0.2, 0.25) is 0 Å². The van der Waals surface area contributed by atoms with E-state index in [2.05, 4.69) is 10.2 Å².